The summed E-state index contributed by atoms with van der Waals surface area (Å²) in [6.45, 7) is 1.65. The maximum absolute atomic E-state index is 10.6. The van der Waals surface area contributed by atoms with Crippen LogP contribution < -0.4 is 11.2 Å². The van der Waals surface area contributed by atoms with Crippen molar-refractivity contribution in [3.05, 3.63) is 35.2 Å². The Hall–Kier alpha value is -2.41. The normalized spacial score (nSPS) is 11.3. The van der Waals surface area contributed by atoms with Crippen molar-refractivity contribution in [2.75, 3.05) is 0 Å². The van der Waals surface area contributed by atoms with Crippen LogP contribution in [0.15, 0.2) is 35.4 Å². The fourth-order valence-electron chi connectivity index (χ4n) is 1.44. The van der Waals surface area contributed by atoms with Crippen LogP contribution in [0.25, 0.3) is 10.6 Å². The van der Waals surface area contributed by atoms with Gasteiger partial charge in [-0.1, -0.05) is 30.3 Å². The summed E-state index contributed by atoms with van der Waals surface area (Å²) in [5.41, 5.74) is 8.38. The summed E-state index contributed by atoms with van der Waals surface area (Å²) in [5, 5.41) is 14.2. The molecule has 1 aromatic heterocycles. The Morgan fingerprint density at radius 1 is 1.42 bits per heavy atom. The first-order valence-corrected chi connectivity index (χ1v) is 6.25. The summed E-state index contributed by atoms with van der Waals surface area (Å²) in [7, 11) is 0. The quantitative estimate of drug-likeness (QED) is 0.589. The summed E-state index contributed by atoms with van der Waals surface area (Å²) in [6.07, 6.45) is 0. The number of hydrazone groups is 1. The third-order valence-electron chi connectivity index (χ3n) is 2.29. The molecule has 0 fully saturated rings. The largest absolute Gasteiger partial charge is 0.492 e. The lowest BCUT2D eigenvalue weighted by molar-refractivity contribution is 0.249. The lowest BCUT2D eigenvalue weighted by atomic mass is 10.2. The second-order valence-electron chi connectivity index (χ2n) is 3.71. The molecule has 0 bridgehead atoms. The van der Waals surface area contributed by atoms with Gasteiger partial charge in [-0.3, -0.25) is 0 Å². The third-order valence-corrected chi connectivity index (χ3v) is 3.49. The van der Waals surface area contributed by atoms with Crippen molar-refractivity contribution >= 4 is 23.1 Å². The second kappa shape index (κ2) is 5.49. The van der Waals surface area contributed by atoms with Gasteiger partial charge in [0.1, 0.15) is 9.88 Å². The van der Waals surface area contributed by atoms with Crippen molar-refractivity contribution in [3.63, 3.8) is 0 Å². The van der Waals surface area contributed by atoms with E-state index in [1.54, 1.807) is 6.92 Å². The Bertz CT molecular complexity index is 622. The van der Waals surface area contributed by atoms with Gasteiger partial charge in [0.05, 0.1) is 5.71 Å². The van der Waals surface area contributed by atoms with Gasteiger partial charge in [-0.2, -0.15) is 5.10 Å². The van der Waals surface area contributed by atoms with Crippen LogP contribution in [0.3, 0.4) is 0 Å². The smallest absolute Gasteiger partial charge is 0.332 e. The Morgan fingerprint density at radius 3 is 2.74 bits per heavy atom. The Labute approximate surface area is 113 Å². The molecule has 6 nitrogen and oxygen atoms in total. The number of hydrogen-bond donors (Lipinski definition) is 3. The molecule has 0 saturated carbocycles. The van der Waals surface area contributed by atoms with Crippen LogP contribution >= 0.6 is 11.3 Å². The van der Waals surface area contributed by atoms with Crippen molar-refractivity contribution in [2.24, 2.45) is 10.8 Å². The van der Waals surface area contributed by atoms with E-state index >= 15 is 0 Å². The van der Waals surface area contributed by atoms with Gasteiger partial charge >= 0.3 is 6.03 Å². The number of primary amides is 1. The van der Waals surface area contributed by atoms with E-state index in [1.807, 2.05) is 30.3 Å². The van der Waals surface area contributed by atoms with Crippen LogP contribution in [-0.2, 0) is 0 Å². The number of rotatable bonds is 3. The highest BCUT2D eigenvalue weighted by molar-refractivity contribution is 7.17. The van der Waals surface area contributed by atoms with Crippen molar-refractivity contribution in [1.29, 1.82) is 0 Å². The number of urea groups is 1. The first-order chi connectivity index (χ1) is 9.08. The number of nitrogens with one attached hydrogen (secondary N) is 1. The number of benzene rings is 1. The maximum atomic E-state index is 10.6. The summed E-state index contributed by atoms with van der Waals surface area (Å²) in [6, 6.07) is 8.73. The van der Waals surface area contributed by atoms with Crippen LogP contribution in [0.4, 0.5) is 4.79 Å². The van der Waals surface area contributed by atoms with E-state index in [-0.39, 0.29) is 5.88 Å². The number of aromatic nitrogens is 1. The molecule has 0 radical (unpaired) electrons. The number of amides is 2. The van der Waals surface area contributed by atoms with Crippen molar-refractivity contribution < 1.29 is 9.90 Å². The molecule has 0 aliphatic rings. The third kappa shape index (κ3) is 3.08. The Kier molecular flexibility index (Phi) is 3.76. The van der Waals surface area contributed by atoms with Gasteiger partial charge in [0.15, 0.2) is 0 Å². The van der Waals surface area contributed by atoms with Gasteiger partial charge in [0.25, 0.3) is 0 Å². The predicted octanol–water partition coefficient (Wildman–Crippen LogP) is 1.91. The highest BCUT2D eigenvalue weighted by atomic mass is 32.1. The summed E-state index contributed by atoms with van der Waals surface area (Å²) in [4.78, 5) is 15.1. The fourth-order valence-corrected chi connectivity index (χ4v) is 2.35. The number of aromatic hydroxyl groups is 1. The Morgan fingerprint density at radius 2 is 2.11 bits per heavy atom. The van der Waals surface area contributed by atoms with Crippen LogP contribution in [0.2, 0.25) is 0 Å². The van der Waals surface area contributed by atoms with E-state index in [4.69, 9.17) is 5.73 Å². The van der Waals surface area contributed by atoms with E-state index in [9.17, 15) is 9.90 Å². The standard InChI is InChI=1S/C12H12N4O2S/c1-7(15-16-12(13)18)9-10(17)14-11(19-9)8-5-3-2-4-6-8/h2-6,17H,1H3,(H3,13,16,18)/b15-7+. The number of nitrogens with zero attached hydrogens (tertiary/aromatic N) is 2. The van der Waals surface area contributed by atoms with Gasteiger partial charge in [-0.25, -0.2) is 15.2 Å². The molecule has 0 unspecified atom stereocenters. The number of carbonyl (C=O) groups is 1. The monoisotopic (exact) mass is 276 g/mol. The number of nitrogens with two attached hydrogens (primary N) is 1. The van der Waals surface area contributed by atoms with Gasteiger partial charge in [0, 0.05) is 5.56 Å². The summed E-state index contributed by atoms with van der Waals surface area (Å²) < 4.78 is 0. The van der Waals surface area contributed by atoms with Crippen molar-refractivity contribution in [1.82, 2.24) is 10.4 Å². The first-order valence-electron chi connectivity index (χ1n) is 5.43. The lowest BCUT2D eigenvalue weighted by Gasteiger charge is -1.96. The molecule has 2 amide bonds. The summed E-state index contributed by atoms with van der Waals surface area (Å²) in [5.74, 6) is -0.114. The average molecular weight is 276 g/mol. The molecule has 19 heavy (non-hydrogen) atoms. The molecule has 0 saturated heterocycles. The molecular formula is C12H12N4O2S. The number of hydrogen-bond acceptors (Lipinski definition) is 5. The molecule has 98 valence electrons. The molecule has 7 heteroatoms. The topological polar surface area (TPSA) is 101 Å². The predicted molar refractivity (Wildman–Crippen MR) is 74.1 cm³/mol. The molecule has 0 aliphatic heterocycles. The minimum Gasteiger partial charge on any atom is -0.492 e. The zero-order chi connectivity index (χ0) is 13.8. The first kappa shape index (κ1) is 13.0. The molecule has 0 atom stereocenters. The SMILES string of the molecule is C/C(=N\NC(N)=O)c1sc(-c2ccccc2)nc1O. The maximum Gasteiger partial charge on any atom is 0.332 e. The molecule has 4 N–H and O–H groups in total. The zero-order valence-electron chi connectivity index (χ0n) is 10.1. The van der Waals surface area contributed by atoms with E-state index in [2.05, 4.69) is 15.5 Å². The van der Waals surface area contributed by atoms with Crippen LogP contribution in [0.5, 0.6) is 5.88 Å². The van der Waals surface area contributed by atoms with Crippen molar-refractivity contribution in [2.45, 2.75) is 6.92 Å². The van der Waals surface area contributed by atoms with Crippen LogP contribution in [0, 0.1) is 0 Å². The van der Waals surface area contributed by atoms with E-state index in [0.29, 0.717) is 15.6 Å². The average Bonchev–Trinajstić information content (AvgIpc) is 2.79. The van der Waals surface area contributed by atoms with Crippen LogP contribution in [-0.4, -0.2) is 21.8 Å². The molecule has 2 aromatic rings. The minimum absolute atomic E-state index is 0.114. The lowest BCUT2D eigenvalue weighted by Crippen LogP contribution is -2.25. The Balaban J connectivity index is 2.32. The molecular weight excluding hydrogens is 264 g/mol. The molecule has 2 rings (SSSR count). The molecule has 0 aliphatic carbocycles. The molecule has 1 aromatic carbocycles. The minimum atomic E-state index is -0.758. The van der Waals surface area contributed by atoms with Gasteiger partial charge in [-0.05, 0) is 6.92 Å². The highest BCUT2D eigenvalue weighted by Crippen LogP contribution is 2.31. The van der Waals surface area contributed by atoms with Crippen molar-refractivity contribution in [3.8, 4) is 16.5 Å². The van der Waals surface area contributed by atoms with E-state index < -0.39 is 6.03 Å². The highest BCUT2D eigenvalue weighted by Gasteiger charge is 2.14. The summed E-state index contributed by atoms with van der Waals surface area (Å²) >= 11 is 1.29. The van der Waals surface area contributed by atoms with Gasteiger partial charge in [-0.15, -0.1) is 11.3 Å². The molecule has 0 spiro atoms. The zero-order valence-corrected chi connectivity index (χ0v) is 10.9. The van der Waals surface area contributed by atoms with Gasteiger partial charge in [0.2, 0.25) is 5.88 Å². The van der Waals surface area contributed by atoms with Gasteiger partial charge < -0.3 is 10.8 Å². The fraction of sp³-hybridized carbons (Fsp3) is 0.0833. The van der Waals surface area contributed by atoms with Crippen LogP contribution in [0.1, 0.15) is 11.8 Å². The van der Waals surface area contributed by atoms with E-state index in [0.717, 1.165) is 5.56 Å². The van der Waals surface area contributed by atoms with E-state index in [1.165, 1.54) is 11.3 Å². The number of thiazole rings is 1. The number of carbonyl (C=O) groups excluding carboxylic acids is 1. The molecule has 1 heterocycles. The second-order valence-corrected chi connectivity index (χ2v) is 4.71.